The molecule has 6 nitrogen and oxygen atoms in total. The van der Waals surface area contributed by atoms with E-state index in [0.717, 1.165) is 25.9 Å². The molecular weight excluding hydrogens is 354 g/mol. The van der Waals surface area contributed by atoms with Crippen LogP contribution in [0.1, 0.15) is 56.3 Å². The van der Waals surface area contributed by atoms with Gasteiger partial charge in [0.05, 0.1) is 18.8 Å². The monoisotopic (exact) mass is 387 g/mol. The van der Waals surface area contributed by atoms with Gasteiger partial charge in [0.15, 0.2) is 0 Å². The summed E-state index contributed by atoms with van der Waals surface area (Å²) in [5.74, 6) is -0.0367. The summed E-state index contributed by atoms with van der Waals surface area (Å²) >= 11 is 0. The van der Waals surface area contributed by atoms with E-state index >= 15 is 0 Å². The van der Waals surface area contributed by atoms with Crippen molar-refractivity contribution in [2.24, 2.45) is 0 Å². The Bertz CT molecular complexity index is 677. The zero-order chi connectivity index (χ0) is 20.1. The molecule has 2 unspecified atom stereocenters. The van der Waals surface area contributed by atoms with Gasteiger partial charge in [-0.3, -0.25) is 14.5 Å². The van der Waals surface area contributed by atoms with Crippen LogP contribution in [0.2, 0.25) is 0 Å². The molecule has 0 spiro atoms. The van der Waals surface area contributed by atoms with Gasteiger partial charge in [-0.15, -0.1) is 0 Å². The molecule has 1 aliphatic carbocycles. The van der Waals surface area contributed by atoms with Crippen molar-refractivity contribution in [2.45, 2.75) is 64.2 Å². The zero-order valence-corrected chi connectivity index (χ0v) is 17.3. The predicted octanol–water partition coefficient (Wildman–Crippen LogP) is 3.14. The smallest absolute Gasteiger partial charge is 0.253 e. The second kappa shape index (κ2) is 9.52. The standard InChI is InChI=1S/C22H33N3O3/c1-16-13-25(14-17(2)28-16)15-21(26)23-19-9-7-8-18(12-19)22(27)24(3)20-10-5-4-6-11-20/h7-9,12,16-17,20H,4-6,10-11,13-15H2,1-3H3,(H,23,26). The predicted molar refractivity (Wildman–Crippen MR) is 110 cm³/mol. The van der Waals surface area contributed by atoms with Crippen LogP contribution in [0.3, 0.4) is 0 Å². The van der Waals surface area contributed by atoms with Gasteiger partial charge < -0.3 is 15.0 Å². The summed E-state index contributed by atoms with van der Waals surface area (Å²) in [6.07, 6.45) is 6.07. The van der Waals surface area contributed by atoms with Crippen LogP contribution in [0.5, 0.6) is 0 Å². The average molecular weight is 388 g/mol. The van der Waals surface area contributed by atoms with Gasteiger partial charge in [0, 0.05) is 37.4 Å². The lowest BCUT2D eigenvalue weighted by Gasteiger charge is -2.34. The molecule has 2 atom stereocenters. The van der Waals surface area contributed by atoms with Gasteiger partial charge >= 0.3 is 0 Å². The largest absolute Gasteiger partial charge is 0.373 e. The Hall–Kier alpha value is -1.92. The molecule has 3 rings (SSSR count). The molecule has 0 bridgehead atoms. The normalized spacial score (nSPS) is 24.0. The van der Waals surface area contributed by atoms with Gasteiger partial charge in [-0.25, -0.2) is 0 Å². The SMILES string of the molecule is CC1CN(CC(=O)Nc2cccc(C(=O)N(C)C3CCCCC3)c2)CC(C)O1. The number of benzene rings is 1. The number of hydrogen-bond acceptors (Lipinski definition) is 4. The summed E-state index contributed by atoms with van der Waals surface area (Å²) in [7, 11) is 1.89. The molecule has 1 saturated carbocycles. The maximum absolute atomic E-state index is 12.9. The van der Waals surface area contributed by atoms with E-state index in [9.17, 15) is 9.59 Å². The lowest BCUT2D eigenvalue weighted by atomic mass is 9.94. The number of carbonyl (C=O) groups excluding carboxylic acids is 2. The first-order chi connectivity index (χ1) is 13.4. The van der Waals surface area contributed by atoms with Gasteiger partial charge in [-0.05, 0) is 44.9 Å². The molecule has 0 aromatic heterocycles. The molecule has 1 aromatic carbocycles. The summed E-state index contributed by atoms with van der Waals surface area (Å²) in [4.78, 5) is 29.3. The number of ether oxygens (including phenoxy) is 1. The van der Waals surface area contributed by atoms with Crippen LogP contribution in [-0.2, 0) is 9.53 Å². The Morgan fingerprint density at radius 2 is 1.82 bits per heavy atom. The first-order valence-corrected chi connectivity index (χ1v) is 10.5. The fourth-order valence-electron chi connectivity index (χ4n) is 4.38. The van der Waals surface area contributed by atoms with E-state index in [2.05, 4.69) is 10.2 Å². The summed E-state index contributed by atoms with van der Waals surface area (Å²) in [6, 6.07) is 7.59. The molecule has 2 aliphatic rings. The molecule has 1 saturated heterocycles. The van der Waals surface area contributed by atoms with E-state index in [1.807, 2.05) is 44.0 Å². The molecule has 28 heavy (non-hydrogen) atoms. The molecule has 1 aliphatic heterocycles. The number of rotatable bonds is 5. The Labute approximate surface area is 168 Å². The highest BCUT2D eigenvalue weighted by atomic mass is 16.5. The molecule has 2 amide bonds. The van der Waals surface area contributed by atoms with Crippen molar-refractivity contribution in [2.75, 3.05) is 32.0 Å². The first-order valence-electron chi connectivity index (χ1n) is 10.5. The van der Waals surface area contributed by atoms with Gasteiger partial charge in [0.2, 0.25) is 5.91 Å². The highest BCUT2D eigenvalue weighted by molar-refractivity contribution is 5.97. The molecule has 1 aromatic rings. The minimum atomic E-state index is -0.0634. The van der Waals surface area contributed by atoms with E-state index < -0.39 is 0 Å². The number of anilines is 1. The lowest BCUT2D eigenvalue weighted by molar-refractivity contribution is -0.121. The highest BCUT2D eigenvalue weighted by Crippen LogP contribution is 2.23. The summed E-state index contributed by atoms with van der Waals surface area (Å²) < 4.78 is 5.72. The molecule has 2 fully saturated rings. The third-order valence-corrected chi connectivity index (χ3v) is 5.70. The maximum Gasteiger partial charge on any atom is 0.253 e. The summed E-state index contributed by atoms with van der Waals surface area (Å²) in [6.45, 7) is 5.89. The Kier molecular flexibility index (Phi) is 7.08. The van der Waals surface area contributed by atoms with Crippen LogP contribution in [0.4, 0.5) is 5.69 Å². The van der Waals surface area contributed by atoms with Crippen molar-refractivity contribution in [3.05, 3.63) is 29.8 Å². The van der Waals surface area contributed by atoms with E-state index in [1.165, 1.54) is 19.3 Å². The van der Waals surface area contributed by atoms with Gasteiger partial charge in [0.1, 0.15) is 0 Å². The molecular formula is C22H33N3O3. The Morgan fingerprint density at radius 1 is 1.14 bits per heavy atom. The third-order valence-electron chi connectivity index (χ3n) is 5.70. The van der Waals surface area contributed by atoms with Gasteiger partial charge in [-0.2, -0.15) is 0 Å². The molecule has 1 heterocycles. The van der Waals surface area contributed by atoms with Crippen LogP contribution in [0, 0.1) is 0 Å². The minimum Gasteiger partial charge on any atom is -0.373 e. The van der Waals surface area contributed by atoms with Crippen molar-refractivity contribution < 1.29 is 14.3 Å². The zero-order valence-electron chi connectivity index (χ0n) is 17.3. The second-order valence-corrected chi connectivity index (χ2v) is 8.29. The fraction of sp³-hybridized carbons (Fsp3) is 0.636. The number of morpholine rings is 1. The quantitative estimate of drug-likeness (QED) is 0.843. The van der Waals surface area contributed by atoms with E-state index in [4.69, 9.17) is 4.74 Å². The molecule has 6 heteroatoms. The van der Waals surface area contributed by atoms with Gasteiger partial charge in [-0.1, -0.05) is 25.3 Å². The van der Waals surface area contributed by atoms with Crippen molar-refractivity contribution in [3.63, 3.8) is 0 Å². The van der Waals surface area contributed by atoms with Crippen LogP contribution < -0.4 is 5.32 Å². The molecule has 154 valence electrons. The number of nitrogens with zero attached hydrogens (tertiary/aromatic N) is 2. The second-order valence-electron chi connectivity index (χ2n) is 8.29. The average Bonchev–Trinajstić information content (AvgIpc) is 2.66. The lowest BCUT2D eigenvalue weighted by Crippen LogP contribution is -2.48. The first kappa shape index (κ1) is 20.8. The van der Waals surface area contributed by atoms with Crippen LogP contribution >= 0.6 is 0 Å². The van der Waals surface area contributed by atoms with Crippen LogP contribution in [-0.4, -0.2) is 66.5 Å². The topological polar surface area (TPSA) is 61.9 Å². The van der Waals surface area contributed by atoms with Gasteiger partial charge in [0.25, 0.3) is 5.91 Å². The van der Waals surface area contributed by atoms with E-state index in [0.29, 0.717) is 23.8 Å². The third kappa shape index (κ3) is 5.55. The van der Waals surface area contributed by atoms with Crippen molar-refractivity contribution in [1.29, 1.82) is 0 Å². The minimum absolute atomic E-state index is 0.0267. The van der Waals surface area contributed by atoms with Crippen molar-refractivity contribution >= 4 is 17.5 Å². The van der Waals surface area contributed by atoms with E-state index in [-0.39, 0.29) is 24.0 Å². The van der Waals surface area contributed by atoms with Crippen molar-refractivity contribution in [1.82, 2.24) is 9.80 Å². The number of amides is 2. The highest BCUT2D eigenvalue weighted by Gasteiger charge is 2.25. The molecule has 0 radical (unpaired) electrons. The maximum atomic E-state index is 12.9. The summed E-state index contributed by atoms with van der Waals surface area (Å²) in [5.41, 5.74) is 1.29. The number of nitrogens with one attached hydrogen (secondary N) is 1. The fourth-order valence-corrected chi connectivity index (χ4v) is 4.38. The Balaban J connectivity index is 1.58. The number of hydrogen-bond donors (Lipinski definition) is 1. The van der Waals surface area contributed by atoms with E-state index in [1.54, 1.807) is 6.07 Å². The van der Waals surface area contributed by atoms with Crippen LogP contribution in [0.15, 0.2) is 24.3 Å². The Morgan fingerprint density at radius 3 is 2.50 bits per heavy atom. The van der Waals surface area contributed by atoms with Crippen LogP contribution in [0.25, 0.3) is 0 Å². The van der Waals surface area contributed by atoms with Crippen molar-refractivity contribution in [3.8, 4) is 0 Å². The summed E-state index contributed by atoms with van der Waals surface area (Å²) in [5, 5.41) is 2.94. The molecule has 1 N–H and O–H groups in total. The number of carbonyl (C=O) groups is 2.